The highest BCUT2D eigenvalue weighted by Gasteiger charge is 2.27. The van der Waals surface area contributed by atoms with Crippen LogP contribution in [0.4, 0.5) is 0 Å². The standard InChI is InChI=1S/C22H27N3O2S/c26-20(11-10-17-6-4-5-7-17)24-12-14-25(15-13-24)22(27)21-23-19(16-28-21)18-8-2-1-3-9-18/h1-3,8-9,16-17H,4-7,10-15H2. The summed E-state index contributed by atoms with van der Waals surface area (Å²) in [5.74, 6) is 0.973. The summed E-state index contributed by atoms with van der Waals surface area (Å²) in [4.78, 5) is 33.5. The van der Waals surface area contributed by atoms with E-state index >= 15 is 0 Å². The van der Waals surface area contributed by atoms with E-state index in [-0.39, 0.29) is 11.8 Å². The van der Waals surface area contributed by atoms with Crippen molar-refractivity contribution in [1.82, 2.24) is 14.8 Å². The van der Waals surface area contributed by atoms with Crippen molar-refractivity contribution in [2.45, 2.75) is 38.5 Å². The van der Waals surface area contributed by atoms with Gasteiger partial charge in [-0.25, -0.2) is 4.98 Å². The van der Waals surface area contributed by atoms with Gasteiger partial charge in [-0.15, -0.1) is 11.3 Å². The van der Waals surface area contributed by atoms with Crippen LogP contribution in [0.2, 0.25) is 0 Å². The molecular weight excluding hydrogens is 370 g/mol. The molecule has 2 aliphatic rings. The minimum atomic E-state index is -0.0229. The molecule has 0 spiro atoms. The molecule has 4 rings (SSSR count). The third-order valence-corrected chi connectivity index (χ3v) is 6.75. The molecule has 0 atom stereocenters. The molecule has 1 aromatic carbocycles. The Labute approximate surface area is 170 Å². The van der Waals surface area contributed by atoms with Gasteiger partial charge < -0.3 is 9.80 Å². The average Bonchev–Trinajstić information content (AvgIpc) is 3.44. The molecular formula is C22H27N3O2S. The van der Waals surface area contributed by atoms with Gasteiger partial charge in [0.05, 0.1) is 5.69 Å². The third kappa shape index (κ3) is 4.43. The fraction of sp³-hybridized carbons (Fsp3) is 0.500. The second kappa shape index (κ2) is 8.86. The fourth-order valence-electron chi connectivity index (χ4n) is 4.19. The van der Waals surface area contributed by atoms with Crippen LogP contribution in [-0.4, -0.2) is 52.8 Å². The maximum absolute atomic E-state index is 12.8. The number of thiazole rings is 1. The van der Waals surface area contributed by atoms with Gasteiger partial charge in [0.15, 0.2) is 5.01 Å². The van der Waals surface area contributed by atoms with E-state index in [2.05, 4.69) is 4.98 Å². The number of hydrogen-bond donors (Lipinski definition) is 0. The maximum atomic E-state index is 12.8. The number of benzene rings is 1. The quantitative estimate of drug-likeness (QED) is 0.764. The third-order valence-electron chi connectivity index (χ3n) is 5.92. The first-order chi connectivity index (χ1) is 13.7. The zero-order chi connectivity index (χ0) is 19.3. The molecule has 0 bridgehead atoms. The van der Waals surface area contributed by atoms with Crippen LogP contribution in [-0.2, 0) is 4.79 Å². The molecule has 2 heterocycles. The van der Waals surface area contributed by atoms with Crippen LogP contribution in [0.15, 0.2) is 35.7 Å². The summed E-state index contributed by atoms with van der Waals surface area (Å²) in [6, 6.07) is 9.91. The summed E-state index contributed by atoms with van der Waals surface area (Å²) in [7, 11) is 0. The van der Waals surface area contributed by atoms with Crippen molar-refractivity contribution in [2.24, 2.45) is 5.92 Å². The molecule has 2 fully saturated rings. The number of rotatable bonds is 5. The maximum Gasteiger partial charge on any atom is 0.282 e. The second-order valence-electron chi connectivity index (χ2n) is 7.77. The van der Waals surface area contributed by atoms with Crippen LogP contribution in [0.3, 0.4) is 0 Å². The number of amides is 2. The van der Waals surface area contributed by atoms with Crippen molar-refractivity contribution < 1.29 is 9.59 Å². The lowest BCUT2D eigenvalue weighted by Gasteiger charge is -2.34. The molecule has 148 valence electrons. The first-order valence-electron chi connectivity index (χ1n) is 10.3. The first kappa shape index (κ1) is 19.1. The van der Waals surface area contributed by atoms with Crippen molar-refractivity contribution >= 4 is 23.2 Å². The molecule has 2 amide bonds. The molecule has 2 aromatic rings. The Morgan fingerprint density at radius 3 is 2.39 bits per heavy atom. The lowest BCUT2D eigenvalue weighted by atomic mass is 10.0. The normalized spacial score (nSPS) is 17.9. The molecule has 1 saturated heterocycles. The van der Waals surface area contributed by atoms with Gasteiger partial charge in [-0.1, -0.05) is 56.0 Å². The van der Waals surface area contributed by atoms with E-state index in [4.69, 9.17) is 0 Å². The molecule has 6 heteroatoms. The van der Waals surface area contributed by atoms with Crippen molar-refractivity contribution in [3.8, 4) is 11.3 Å². The zero-order valence-corrected chi connectivity index (χ0v) is 17.0. The van der Waals surface area contributed by atoms with E-state index < -0.39 is 0 Å². The summed E-state index contributed by atoms with van der Waals surface area (Å²) in [5.41, 5.74) is 1.87. The highest BCUT2D eigenvalue weighted by atomic mass is 32.1. The van der Waals surface area contributed by atoms with E-state index in [1.807, 2.05) is 45.5 Å². The van der Waals surface area contributed by atoms with E-state index in [1.165, 1.54) is 37.0 Å². The van der Waals surface area contributed by atoms with Gasteiger partial charge in [0.25, 0.3) is 5.91 Å². The van der Waals surface area contributed by atoms with Crippen LogP contribution in [0.1, 0.15) is 48.3 Å². The van der Waals surface area contributed by atoms with E-state index in [9.17, 15) is 9.59 Å². The minimum Gasteiger partial charge on any atom is -0.339 e. The van der Waals surface area contributed by atoms with E-state index in [0.29, 0.717) is 37.6 Å². The lowest BCUT2D eigenvalue weighted by molar-refractivity contribution is -0.133. The van der Waals surface area contributed by atoms with Crippen molar-refractivity contribution in [3.05, 3.63) is 40.7 Å². The molecule has 0 unspecified atom stereocenters. The topological polar surface area (TPSA) is 53.5 Å². The van der Waals surface area contributed by atoms with Crippen molar-refractivity contribution in [1.29, 1.82) is 0 Å². The molecule has 1 aliphatic carbocycles. The summed E-state index contributed by atoms with van der Waals surface area (Å²) in [6.07, 6.45) is 6.90. The number of hydrogen-bond acceptors (Lipinski definition) is 4. The zero-order valence-electron chi connectivity index (χ0n) is 16.2. The molecule has 28 heavy (non-hydrogen) atoms. The highest BCUT2D eigenvalue weighted by molar-refractivity contribution is 7.12. The molecule has 1 aliphatic heterocycles. The number of aromatic nitrogens is 1. The Bertz CT molecular complexity index is 806. The van der Waals surface area contributed by atoms with Crippen LogP contribution in [0.5, 0.6) is 0 Å². The SMILES string of the molecule is O=C(CCC1CCCC1)N1CCN(C(=O)c2nc(-c3ccccc3)cs2)CC1. The van der Waals surface area contributed by atoms with Crippen LogP contribution in [0.25, 0.3) is 11.3 Å². The number of carbonyl (C=O) groups is 2. The van der Waals surface area contributed by atoms with Crippen LogP contribution in [0, 0.1) is 5.92 Å². The molecule has 5 nitrogen and oxygen atoms in total. The monoisotopic (exact) mass is 397 g/mol. The summed E-state index contributed by atoms with van der Waals surface area (Å²) in [5, 5.41) is 2.46. The fourth-order valence-corrected chi connectivity index (χ4v) is 4.99. The van der Waals surface area contributed by atoms with Crippen molar-refractivity contribution in [3.63, 3.8) is 0 Å². The summed E-state index contributed by atoms with van der Waals surface area (Å²) >= 11 is 1.39. The Kier molecular flexibility index (Phi) is 6.05. The van der Waals surface area contributed by atoms with Gasteiger partial charge >= 0.3 is 0 Å². The van der Waals surface area contributed by atoms with Gasteiger partial charge in [-0.3, -0.25) is 9.59 Å². The Morgan fingerprint density at radius 1 is 1.00 bits per heavy atom. The van der Waals surface area contributed by atoms with E-state index in [0.717, 1.165) is 23.6 Å². The second-order valence-corrected chi connectivity index (χ2v) is 8.62. The minimum absolute atomic E-state index is 0.0229. The number of carbonyl (C=O) groups excluding carboxylic acids is 2. The lowest BCUT2D eigenvalue weighted by Crippen LogP contribution is -2.50. The van der Waals surface area contributed by atoms with Gasteiger partial charge in [0.2, 0.25) is 5.91 Å². The van der Waals surface area contributed by atoms with Gasteiger partial charge in [0, 0.05) is 43.5 Å². The number of piperazine rings is 1. The predicted octanol–water partition coefficient (Wildman–Crippen LogP) is 4.06. The van der Waals surface area contributed by atoms with Crippen molar-refractivity contribution in [2.75, 3.05) is 26.2 Å². The Hall–Kier alpha value is -2.21. The van der Waals surface area contributed by atoms with E-state index in [1.54, 1.807) is 0 Å². The Morgan fingerprint density at radius 2 is 1.68 bits per heavy atom. The largest absolute Gasteiger partial charge is 0.339 e. The molecule has 1 saturated carbocycles. The Balaban J connectivity index is 1.28. The van der Waals surface area contributed by atoms with Crippen LogP contribution >= 0.6 is 11.3 Å². The van der Waals surface area contributed by atoms with Gasteiger partial charge in [-0.05, 0) is 12.3 Å². The van der Waals surface area contributed by atoms with Gasteiger partial charge in [0.1, 0.15) is 0 Å². The smallest absolute Gasteiger partial charge is 0.282 e. The molecule has 1 aromatic heterocycles. The average molecular weight is 398 g/mol. The number of nitrogens with zero attached hydrogens (tertiary/aromatic N) is 3. The predicted molar refractivity (Wildman–Crippen MR) is 111 cm³/mol. The highest BCUT2D eigenvalue weighted by Crippen LogP contribution is 2.29. The van der Waals surface area contributed by atoms with Crippen LogP contribution < -0.4 is 0 Å². The van der Waals surface area contributed by atoms with Gasteiger partial charge in [-0.2, -0.15) is 0 Å². The molecule has 0 N–H and O–H groups in total. The summed E-state index contributed by atoms with van der Waals surface area (Å²) < 4.78 is 0. The molecule has 0 radical (unpaired) electrons. The first-order valence-corrected chi connectivity index (χ1v) is 11.2. The summed E-state index contributed by atoms with van der Waals surface area (Å²) in [6.45, 7) is 2.45.